The van der Waals surface area contributed by atoms with E-state index in [0.29, 0.717) is 16.8 Å². The highest BCUT2D eigenvalue weighted by molar-refractivity contribution is 6.12. The molecule has 0 aliphatic rings. The molecule has 2 nitrogen and oxygen atoms in total. The second kappa shape index (κ2) is 5.13. The van der Waals surface area contributed by atoms with Gasteiger partial charge >= 0.3 is 0 Å². The van der Waals surface area contributed by atoms with Gasteiger partial charge in [0.15, 0.2) is 11.7 Å². The topological polar surface area (TPSA) is 32.9 Å². The number of ketones is 1. The molecule has 0 atom stereocenters. The average molecular weight is 265 g/mol. The smallest absolute Gasteiger partial charge is 0.195 e. The number of benzene rings is 2. The van der Waals surface area contributed by atoms with Gasteiger partial charge in [0.1, 0.15) is 0 Å². The molecule has 0 amide bonds. The third-order valence-corrected chi connectivity index (χ3v) is 3.13. The number of H-pyrrole nitrogens is 1. The third-order valence-electron chi connectivity index (χ3n) is 3.13. The number of carbonyl (C=O) groups excluding carboxylic acids is 1. The second-order valence-corrected chi connectivity index (χ2v) is 4.47. The minimum atomic E-state index is -0.511. The molecule has 20 heavy (non-hydrogen) atoms. The van der Waals surface area contributed by atoms with Crippen LogP contribution in [0.1, 0.15) is 15.9 Å². The summed E-state index contributed by atoms with van der Waals surface area (Å²) in [4.78, 5) is 15.1. The second-order valence-electron chi connectivity index (χ2n) is 4.47. The van der Waals surface area contributed by atoms with Crippen LogP contribution in [0.3, 0.4) is 0 Å². The molecule has 0 fully saturated rings. The van der Waals surface area contributed by atoms with E-state index in [4.69, 9.17) is 0 Å². The summed E-state index contributed by atoms with van der Waals surface area (Å²) in [6, 6.07) is 19.4. The van der Waals surface area contributed by atoms with Crippen LogP contribution in [0.2, 0.25) is 0 Å². The van der Waals surface area contributed by atoms with E-state index in [9.17, 15) is 9.18 Å². The predicted octanol–water partition coefficient (Wildman–Crippen LogP) is 4.05. The maximum absolute atomic E-state index is 13.5. The Morgan fingerprint density at radius 3 is 2.15 bits per heavy atom. The van der Waals surface area contributed by atoms with E-state index < -0.39 is 5.95 Å². The van der Waals surface area contributed by atoms with Gasteiger partial charge in [0.2, 0.25) is 0 Å². The van der Waals surface area contributed by atoms with Crippen LogP contribution in [0.15, 0.2) is 66.7 Å². The van der Waals surface area contributed by atoms with Crippen molar-refractivity contribution in [2.45, 2.75) is 0 Å². The Morgan fingerprint density at radius 2 is 1.50 bits per heavy atom. The molecular formula is C17H12FNO. The third kappa shape index (κ3) is 2.26. The molecule has 0 saturated heterocycles. The van der Waals surface area contributed by atoms with Crippen molar-refractivity contribution in [2.24, 2.45) is 0 Å². The Kier molecular flexibility index (Phi) is 3.17. The Bertz CT molecular complexity index is 732. The molecule has 0 aliphatic heterocycles. The van der Waals surface area contributed by atoms with Crippen molar-refractivity contribution in [3.63, 3.8) is 0 Å². The first-order valence-corrected chi connectivity index (χ1v) is 6.29. The summed E-state index contributed by atoms with van der Waals surface area (Å²) >= 11 is 0. The van der Waals surface area contributed by atoms with E-state index in [-0.39, 0.29) is 5.78 Å². The van der Waals surface area contributed by atoms with Gasteiger partial charge in [0.25, 0.3) is 0 Å². The molecule has 0 aliphatic carbocycles. The fourth-order valence-corrected chi connectivity index (χ4v) is 2.18. The molecule has 0 radical (unpaired) electrons. The summed E-state index contributed by atoms with van der Waals surface area (Å²) < 4.78 is 13.5. The van der Waals surface area contributed by atoms with E-state index in [1.165, 1.54) is 6.07 Å². The molecule has 1 aromatic heterocycles. The van der Waals surface area contributed by atoms with Gasteiger partial charge in [-0.05, 0) is 5.56 Å². The lowest BCUT2D eigenvalue weighted by molar-refractivity contribution is 0.103. The maximum Gasteiger partial charge on any atom is 0.195 e. The number of aromatic nitrogens is 1. The first-order chi connectivity index (χ1) is 9.75. The lowest BCUT2D eigenvalue weighted by Crippen LogP contribution is -2.01. The van der Waals surface area contributed by atoms with Crippen molar-refractivity contribution in [1.29, 1.82) is 0 Å². The molecule has 0 bridgehead atoms. The Hall–Kier alpha value is -2.68. The molecule has 0 unspecified atom stereocenters. The number of hydrogen-bond acceptors (Lipinski definition) is 1. The van der Waals surface area contributed by atoms with Crippen LogP contribution in [0.25, 0.3) is 11.3 Å². The number of hydrogen-bond donors (Lipinski definition) is 1. The van der Waals surface area contributed by atoms with Crippen molar-refractivity contribution >= 4 is 5.78 Å². The zero-order valence-electron chi connectivity index (χ0n) is 10.6. The highest BCUT2D eigenvalue weighted by Gasteiger charge is 2.18. The van der Waals surface area contributed by atoms with Crippen molar-refractivity contribution in [3.8, 4) is 11.3 Å². The Morgan fingerprint density at radius 1 is 0.900 bits per heavy atom. The minimum absolute atomic E-state index is 0.190. The summed E-state index contributed by atoms with van der Waals surface area (Å²) in [6.45, 7) is 0. The van der Waals surface area contributed by atoms with E-state index in [1.54, 1.807) is 24.3 Å². The van der Waals surface area contributed by atoms with Crippen LogP contribution in [0, 0.1) is 5.95 Å². The zero-order chi connectivity index (χ0) is 13.9. The van der Waals surface area contributed by atoms with Gasteiger partial charge < -0.3 is 4.98 Å². The predicted molar refractivity (Wildman–Crippen MR) is 76.1 cm³/mol. The van der Waals surface area contributed by atoms with Crippen molar-refractivity contribution < 1.29 is 9.18 Å². The van der Waals surface area contributed by atoms with Crippen LogP contribution in [0.5, 0.6) is 0 Å². The standard InChI is InChI=1S/C17H12FNO/c18-15-11-14(17(20)13-9-5-2-6-10-13)16(19-15)12-7-3-1-4-8-12/h1-11,19H. The first kappa shape index (κ1) is 12.4. The van der Waals surface area contributed by atoms with E-state index in [2.05, 4.69) is 4.98 Å². The highest BCUT2D eigenvalue weighted by atomic mass is 19.1. The van der Waals surface area contributed by atoms with E-state index >= 15 is 0 Å². The Balaban J connectivity index is 2.09. The zero-order valence-corrected chi connectivity index (χ0v) is 10.6. The van der Waals surface area contributed by atoms with Gasteiger partial charge in [0.05, 0.1) is 11.3 Å². The van der Waals surface area contributed by atoms with Crippen LogP contribution in [-0.2, 0) is 0 Å². The number of nitrogens with one attached hydrogen (secondary N) is 1. The first-order valence-electron chi connectivity index (χ1n) is 6.29. The number of carbonyl (C=O) groups is 1. The Labute approximate surface area is 115 Å². The molecule has 1 N–H and O–H groups in total. The number of aromatic amines is 1. The lowest BCUT2D eigenvalue weighted by Gasteiger charge is -2.03. The molecule has 3 heteroatoms. The van der Waals surface area contributed by atoms with Crippen LogP contribution < -0.4 is 0 Å². The van der Waals surface area contributed by atoms with Gasteiger partial charge in [0, 0.05) is 11.6 Å². The van der Waals surface area contributed by atoms with Crippen molar-refractivity contribution in [2.75, 3.05) is 0 Å². The molecule has 3 aromatic rings. The average Bonchev–Trinajstić information content (AvgIpc) is 2.90. The molecule has 0 spiro atoms. The molecule has 0 saturated carbocycles. The van der Waals surface area contributed by atoms with Crippen LogP contribution in [0.4, 0.5) is 4.39 Å². The van der Waals surface area contributed by atoms with Crippen molar-refractivity contribution in [3.05, 3.63) is 83.8 Å². The number of halogens is 1. The maximum atomic E-state index is 13.5. The van der Waals surface area contributed by atoms with Gasteiger partial charge in [-0.25, -0.2) is 0 Å². The summed E-state index contributed by atoms with van der Waals surface area (Å²) in [5.41, 5.74) is 2.19. The van der Waals surface area contributed by atoms with Gasteiger partial charge in [-0.2, -0.15) is 4.39 Å². The van der Waals surface area contributed by atoms with Crippen LogP contribution in [-0.4, -0.2) is 10.8 Å². The van der Waals surface area contributed by atoms with Gasteiger partial charge in [-0.3, -0.25) is 4.79 Å². The van der Waals surface area contributed by atoms with Crippen molar-refractivity contribution in [1.82, 2.24) is 4.98 Å². The quantitative estimate of drug-likeness (QED) is 0.712. The molecule has 98 valence electrons. The summed E-state index contributed by atoms with van der Waals surface area (Å²) in [5.74, 6) is -0.701. The summed E-state index contributed by atoms with van der Waals surface area (Å²) in [6.07, 6.45) is 0. The normalized spacial score (nSPS) is 10.4. The molecule has 3 rings (SSSR count). The molecular weight excluding hydrogens is 253 g/mol. The summed E-state index contributed by atoms with van der Waals surface area (Å²) in [5, 5.41) is 0. The summed E-state index contributed by atoms with van der Waals surface area (Å²) in [7, 11) is 0. The highest BCUT2D eigenvalue weighted by Crippen LogP contribution is 2.25. The SMILES string of the molecule is O=C(c1ccccc1)c1cc(F)[nH]c1-c1ccccc1. The van der Waals surface area contributed by atoms with Crippen LogP contribution >= 0.6 is 0 Å². The molecule has 1 heterocycles. The van der Waals surface area contributed by atoms with E-state index in [0.717, 1.165) is 5.56 Å². The van der Waals surface area contributed by atoms with Gasteiger partial charge in [-0.1, -0.05) is 60.7 Å². The monoisotopic (exact) mass is 265 g/mol. The van der Waals surface area contributed by atoms with Gasteiger partial charge in [-0.15, -0.1) is 0 Å². The number of rotatable bonds is 3. The van der Waals surface area contributed by atoms with E-state index in [1.807, 2.05) is 36.4 Å². The fraction of sp³-hybridized carbons (Fsp3) is 0. The minimum Gasteiger partial charge on any atom is -0.331 e. The largest absolute Gasteiger partial charge is 0.331 e. The fourth-order valence-electron chi connectivity index (χ4n) is 2.18. The molecule has 2 aromatic carbocycles. The lowest BCUT2D eigenvalue weighted by atomic mass is 10.0.